The number of carbonyl (C=O) groups is 1. The summed E-state index contributed by atoms with van der Waals surface area (Å²) < 4.78 is 0. The van der Waals surface area contributed by atoms with Gasteiger partial charge in [0.2, 0.25) is 5.91 Å². The molecule has 0 aliphatic heterocycles. The molecule has 1 rings (SSSR count). The van der Waals surface area contributed by atoms with Crippen molar-refractivity contribution >= 4 is 17.3 Å². The van der Waals surface area contributed by atoms with E-state index in [1.807, 2.05) is 11.9 Å². The van der Waals surface area contributed by atoms with Gasteiger partial charge in [-0.3, -0.25) is 9.69 Å². The molecule has 0 radical (unpaired) electrons. The smallest absolute Gasteiger partial charge is 0.238 e. The van der Waals surface area contributed by atoms with Crippen LogP contribution in [0.2, 0.25) is 0 Å². The first kappa shape index (κ1) is 14.5. The summed E-state index contributed by atoms with van der Waals surface area (Å²) >= 11 is 0. The zero-order valence-electron chi connectivity index (χ0n) is 11.7. The number of anilines is 2. The van der Waals surface area contributed by atoms with Crippen LogP contribution in [-0.2, 0) is 4.79 Å². The largest absolute Gasteiger partial charge is 0.399 e. The molecular weight excluding hydrogens is 226 g/mol. The highest BCUT2D eigenvalue weighted by Gasteiger charge is 2.15. The topological polar surface area (TPSA) is 58.4 Å². The molecular formula is C14H23N3O. The van der Waals surface area contributed by atoms with E-state index < -0.39 is 0 Å². The van der Waals surface area contributed by atoms with Crippen molar-refractivity contribution in [2.24, 2.45) is 5.41 Å². The van der Waals surface area contributed by atoms with Gasteiger partial charge in [-0.15, -0.1) is 0 Å². The van der Waals surface area contributed by atoms with E-state index in [4.69, 9.17) is 5.73 Å². The number of amides is 1. The number of hydrogen-bond acceptors (Lipinski definition) is 3. The number of likely N-dealkylation sites (N-methyl/N-ethyl adjacent to an activating group) is 1. The minimum Gasteiger partial charge on any atom is -0.399 e. The number of hydrogen-bond donors (Lipinski definition) is 2. The van der Waals surface area contributed by atoms with Gasteiger partial charge in [0, 0.05) is 17.9 Å². The van der Waals surface area contributed by atoms with Crippen LogP contribution < -0.4 is 11.1 Å². The van der Waals surface area contributed by atoms with Gasteiger partial charge in [0.25, 0.3) is 0 Å². The maximum absolute atomic E-state index is 11.8. The first-order chi connectivity index (χ1) is 8.26. The highest BCUT2D eigenvalue weighted by Crippen LogP contribution is 2.14. The van der Waals surface area contributed by atoms with Crippen molar-refractivity contribution in [3.8, 4) is 0 Å². The summed E-state index contributed by atoms with van der Waals surface area (Å²) in [6, 6.07) is 7.15. The number of nitrogens with one attached hydrogen (secondary N) is 1. The molecule has 1 amide bonds. The maximum Gasteiger partial charge on any atom is 0.238 e. The number of nitrogen functional groups attached to an aromatic ring is 1. The molecule has 0 bridgehead atoms. The number of nitrogens with zero attached hydrogens (tertiary/aromatic N) is 1. The standard InChI is InChI=1S/C14H23N3O/c1-14(2,3)10-17(4)9-13(18)16-12-7-5-11(15)6-8-12/h5-8H,9-10,15H2,1-4H3,(H,16,18). The molecule has 0 aromatic heterocycles. The Balaban J connectivity index is 2.44. The Labute approximate surface area is 109 Å². The fraction of sp³-hybridized carbons (Fsp3) is 0.500. The van der Waals surface area contributed by atoms with Gasteiger partial charge in [-0.25, -0.2) is 0 Å². The molecule has 0 aliphatic rings. The fourth-order valence-electron chi connectivity index (χ4n) is 1.88. The maximum atomic E-state index is 11.8. The van der Waals surface area contributed by atoms with Crippen molar-refractivity contribution in [2.45, 2.75) is 20.8 Å². The van der Waals surface area contributed by atoms with Crippen molar-refractivity contribution < 1.29 is 4.79 Å². The van der Waals surface area contributed by atoms with Crippen LogP contribution in [0.5, 0.6) is 0 Å². The zero-order valence-corrected chi connectivity index (χ0v) is 11.7. The lowest BCUT2D eigenvalue weighted by molar-refractivity contribution is -0.117. The van der Waals surface area contributed by atoms with E-state index in [2.05, 4.69) is 26.1 Å². The van der Waals surface area contributed by atoms with Gasteiger partial charge >= 0.3 is 0 Å². The van der Waals surface area contributed by atoms with Crippen LogP contribution in [0, 0.1) is 5.41 Å². The van der Waals surface area contributed by atoms with Gasteiger partial charge in [-0.2, -0.15) is 0 Å². The summed E-state index contributed by atoms with van der Waals surface area (Å²) in [7, 11) is 1.95. The number of nitrogens with two attached hydrogens (primary N) is 1. The van der Waals surface area contributed by atoms with Crippen molar-refractivity contribution in [1.82, 2.24) is 4.90 Å². The molecule has 0 atom stereocenters. The van der Waals surface area contributed by atoms with Crippen molar-refractivity contribution in [1.29, 1.82) is 0 Å². The first-order valence-electron chi connectivity index (χ1n) is 6.10. The second-order valence-corrected chi connectivity index (χ2v) is 5.90. The second kappa shape index (κ2) is 5.87. The van der Waals surface area contributed by atoms with E-state index in [1.54, 1.807) is 24.3 Å². The Morgan fingerprint density at radius 1 is 1.28 bits per heavy atom. The van der Waals surface area contributed by atoms with Crippen LogP contribution in [0.25, 0.3) is 0 Å². The average molecular weight is 249 g/mol. The molecule has 0 saturated heterocycles. The SMILES string of the molecule is CN(CC(=O)Nc1ccc(N)cc1)CC(C)(C)C. The summed E-state index contributed by atoms with van der Waals surface area (Å²) in [5, 5.41) is 2.85. The predicted molar refractivity (Wildman–Crippen MR) is 76.4 cm³/mol. The lowest BCUT2D eigenvalue weighted by Gasteiger charge is -2.25. The second-order valence-electron chi connectivity index (χ2n) is 5.90. The number of rotatable bonds is 4. The Morgan fingerprint density at radius 2 is 1.83 bits per heavy atom. The minimum absolute atomic E-state index is 0.00785. The number of benzene rings is 1. The molecule has 0 spiro atoms. The third-order valence-electron chi connectivity index (χ3n) is 2.35. The van der Waals surface area contributed by atoms with Crippen molar-refractivity contribution in [3.05, 3.63) is 24.3 Å². The monoisotopic (exact) mass is 249 g/mol. The van der Waals surface area contributed by atoms with Gasteiger partial charge in [0.05, 0.1) is 6.54 Å². The third kappa shape index (κ3) is 5.68. The van der Waals surface area contributed by atoms with Crippen LogP contribution in [0.15, 0.2) is 24.3 Å². The molecule has 0 saturated carbocycles. The van der Waals surface area contributed by atoms with E-state index in [0.29, 0.717) is 12.2 Å². The van der Waals surface area contributed by atoms with E-state index in [1.165, 1.54) is 0 Å². The molecule has 0 fully saturated rings. The van der Waals surface area contributed by atoms with Crippen LogP contribution in [0.3, 0.4) is 0 Å². The summed E-state index contributed by atoms with van der Waals surface area (Å²) in [5.74, 6) is -0.00785. The molecule has 1 aromatic rings. The molecule has 4 nitrogen and oxygen atoms in total. The molecule has 3 N–H and O–H groups in total. The Kier molecular flexibility index (Phi) is 4.73. The van der Waals surface area contributed by atoms with Gasteiger partial charge in [0.1, 0.15) is 0 Å². The fourth-order valence-corrected chi connectivity index (χ4v) is 1.88. The first-order valence-corrected chi connectivity index (χ1v) is 6.10. The van der Waals surface area contributed by atoms with Crippen molar-refractivity contribution in [2.75, 3.05) is 31.2 Å². The molecule has 4 heteroatoms. The van der Waals surface area contributed by atoms with E-state index >= 15 is 0 Å². The van der Waals surface area contributed by atoms with E-state index in [0.717, 1.165) is 12.2 Å². The summed E-state index contributed by atoms with van der Waals surface area (Å²) in [6.45, 7) is 7.73. The molecule has 0 unspecified atom stereocenters. The van der Waals surface area contributed by atoms with Gasteiger partial charge in [-0.1, -0.05) is 20.8 Å². The number of carbonyl (C=O) groups excluding carboxylic acids is 1. The summed E-state index contributed by atoms with van der Waals surface area (Å²) in [6.07, 6.45) is 0. The molecule has 100 valence electrons. The lowest BCUT2D eigenvalue weighted by atomic mass is 9.96. The van der Waals surface area contributed by atoms with Gasteiger partial charge < -0.3 is 11.1 Å². The Morgan fingerprint density at radius 3 is 2.33 bits per heavy atom. The third-order valence-corrected chi connectivity index (χ3v) is 2.35. The highest BCUT2D eigenvalue weighted by atomic mass is 16.2. The van der Waals surface area contributed by atoms with Crippen LogP contribution >= 0.6 is 0 Å². The van der Waals surface area contributed by atoms with Crippen LogP contribution in [0.4, 0.5) is 11.4 Å². The highest BCUT2D eigenvalue weighted by molar-refractivity contribution is 5.92. The minimum atomic E-state index is -0.00785. The molecule has 1 aromatic carbocycles. The van der Waals surface area contributed by atoms with Crippen molar-refractivity contribution in [3.63, 3.8) is 0 Å². The zero-order chi connectivity index (χ0) is 13.8. The lowest BCUT2D eigenvalue weighted by Crippen LogP contribution is -2.35. The Bertz CT molecular complexity index is 392. The Hall–Kier alpha value is -1.55. The molecule has 18 heavy (non-hydrogen) atoms. The van der Waals surface area contributed by atoms with Gasteiger partial charge in [0.15, 0.2) is 0 Å². The van der Waals surface area contributed by atoms with E-state index in [9.17, 15) is 4.79 Å². The van der Waals surface area contributed by atoms with E-state index in [-0.39, 0.29) is 11.3 Å². The normalized spacial score (nSPS) is 11.6. The summed E-state index contributed by atoms with van der Waals surface area (Å²) in [4.78, 5) is 13.8. The quantitative estimate of drug-likeness (QED) is 0.804. The predicted octanol–water partition coefficient (Wildman–Crippen LogP) is 2.19. The molecule has 0 aliphatic carbocycles. The van der Waals surface area contributed by atoms with Crippen LogP contribution in [0.1, 0.15) is 20.8 Å². The van der Waals surface area contributed by atoms with Gasteiger partial charge in [-0.05, 0) is 36.7 Å². The summed E-state index contributed by atoms with van der Waals surface area (Å²) in [5.41, 5.74) is 7.25. The van der Waals surface area contributed by atoms with Crippen LogP contribution in [-0.4, -0.2) is 30.9 Å². The molecule has 0 heterocycles. The average Bonchev–Trinajstić information content (AvgIpc) is 2.18.